The first-order valence-corrected chi connectivity index (χ1v) is 8.02. The van der Waals surface area contributed by atoms with Crippen LogP contribution in [0.3, 0.4) is 0 Å². The van der Waals surface area contributed by atoms with Gasteiger partial charge in [-0.3, -0.25) is 0 Å². The molecular weight excluding hydrogens is 278 g/mol. The first-order chi connectivity index (χ1) is 9.28. The average Bonchev–Trinajstić information content (AvgIpc) is 3.07. The smallest absolute Gasteiger partial charge is 0.234 e. The van der Waals surface area contributed by atoms with Crippen molar-refractivity contribution in [1.29, 1.82) is 0 Å². The predicted octanol–water partition coefficient (Wildman–Crippen LogP) is 2.55. The zero-order valence-corrected chi connectivity index (χ0v) is 12.1. The second kappa shape index (κ2) is 4.01. The number of nitrogen functional groups attached to an aromatic ring is 1. The van der Waals surface area contributed by atoms with Gasteiger partial charge in [0.15, 0.2) is 10.8 Å². The summed E-state index contributed by atoms with van der Waals surface area (Å²) in [7, 11) is 0. The Morgan fingerprint density at radius 1 is 1.26 bits per heavy atom. The molecule has 4 rings (SSSR count). The van der Waals surface area contributed by atoms with Crippen molar-refractivity contribution in [3.05, 3.63) is 16.3 Å². The van der Waals surface area contributed by atoms with E-state index in [2.05, 4.69) is 22.2 Å². The third-order valence-corrected chi connectivity index (χ3v) is 5.57. The second-order valence-electron chi connectivity index (χ2n) is 4.67. The molecule has 3 heterocycles. The quantitative estimate of drug-likeness (QED) is 0.788. The third kappa shape index (κ3) is 1.54. The molecule has 0 radical (unpaired) electrons. The highest BCUT2D eigenvalue weighted by Gasteiger charge is 2.24. The van der Waals surface area contributed by atoms with E-state index in [0.717, 1.165) is 45.6 Å². The van der Waals surface area contributed by atoms with Gasteiger partial charge in [0.25, 0.3) is 0 Å². The van der Waals surface area contributed by atoms with E-state index in [0.29, 0.717) is 0 Å². The fraction of sp³-hybridized carbons (Fsp3) is 0.417. The largest absolute Gasteiger partial charge is 0.390 e. The van der Waals surface area contributed by atoms with E-state index in [1.807, 2.05) is 4.52 Å². The van der Waals surface area contributed by atoms with Crippen molar-refractivity contribution in [2.45, 2.75) is 32.6 Å². The van der Waals surface area contributed by atoms with E-state index in [1.165, 1.54) is 16.9 Å². The monoisotopic (exact) mass is 291 g/mol. The molecular formula is C12H13N5S2. The predicted molar refractivity (Wildman–Crippen MR) is 77.8 cm³/mol. The molecule has 0 amide bonds. The fourth-order valence-corrected chi connectivity index (χ4v) is 4.81. The van der Waals surface area contributed by atoms with Gasteiger partial charge in [-0.15, -0.1) is 21.5 Å². The normalized spacial score (nSPS) is 14.4. The van der Waals surface area contributed by atoms with Crippen LogP contribution in [0.25, 0.3) is 15.5 Å². The van der Waals surface area contributed by atoms with Crippen LogP contribution < -0.4 is 5.73 Å². The van der Waals surface area contributed by atoms with Crippen molar-refractivity contribution >= 4 is 32.6 Å². The number of hydrogen-bond acceptors (Lipinski definition) is 6. The van der Waals surface area contributed by atoms with Crippen LogP contribution in [0.1, 0.15) is 29.6 Å². The van der Waals surface area contributed by atoms with Gasteiger partial charge < -0.3 is 5.73 Å². The minimum Gasteiger partial charge on any atom is -0.390 e. The number of aryl methyl sites for hydroxylation is 2. The summed E-state index contributed by atoms with van der Waals surface area (Å²) >= 11 is 3.30. The fourth-order valence-electron chi connectivity index (χ4n) is 2.64. The lowest BCUT2D eigenvalue weighted by molar-refractivity contribution is 0.837. The maximum Gasteiger partial charge on any atom is 0.234 e. The van der Waals surface area contributed by atoms with Crippen LogP contribution in [-0.2, 0) is 19.3 Å². The molecule has 0 spiro atoms. The molecule has 0 aromatic carbocycles. The Bertz CT molecular complexity index is 767. The molecule has 98 valence electrons. The highest BCUT2D eigenvalue weighted by Crippen LogP contribution is 2.44. The molecule has 2 N–H and O–H groups in total. The van der Waals surface area contributed by atoms with Gasteiger partial charge in [-0.2, -0.15) is 9.61 Å². The van der Waals surface area contributed by atoms with Crippen LogP contribution in [0.5, 0.6) is 0 Å². The molecule has 1 aliphatic rings. The lowest BCUT2D eigenvalue weighted by Gasteiger charge is -1.98. The van der Waals surface area contributed by atoms with Gasteiger partial charge in [0, 0.05) is 11.3 Å². The van der Waals surface area contributed by atoms with E-state index in [-0.39, 0.29) is 0 Å². The molecule has 3 aromatic heterocycles. The maximum atomic E-state index is 6.18. The number of fused-ring (bicyclic) bond motifs is 2. The molecule has 0 atom stereocenters. The molecule has 7 heteroatoms. The molecule has 0 saturated heterocycles. The van der Waals surface area contributed by atoms with Gasteiger partial charge in [-0.25, -0.2) is 0 Å². The SMILES string of the molecule is CCc1nnc2sc(-c3c(N)sc4c3CCC4)nn12. The Hall–Kier alpha value is -1.47. The van der Waals surface area contributed by atoms with Gasteiger partial charge in [0.1, 0.15) is 0 Å². The summed E-state index contributed by atoms with van der Waals surface area (Å²) in [6.45, 7) is 2.06. The number of aromatic nitrogens is 4. The summed E-state index contributed by atoms with van der Waals surface area (Å²) in [5, 5.41) is 14.8. The first-order valence-electron chi connectivity index (χ1n) is 6.39. The van der Waals surface area contributed by atoms with Gasteiger partial charge in [-0.1, -0.05) is 18.3 Å². The topological polar surface area (TPSA) is 69.1 Å². The van der Waals surface area contributed by atoms with Crippen molar-refractivity contribution in [3.8, 4) is 10.6 Å². The van der Waals surface area contributed by atoms with Crippen LogP contribution in [-0.4, -0.2) is 19.8 Å². The number of anilines is 1. The lowest BCUT2D eigenvalue weighted by atomic mass is 10.1. The first kappa shape index (κ1) is 11.4. The zero-order chi connectivity index (χ0) is 13.0. The summed E-state index contributed by atoms with van der Waals surface area (Å²) in [6.07, 6.45) is 4.36. The number of hydrogen-bond donors (Lipinski definition) is 1. The van der Waals surface area contributed by atoms with Crippen molar-refractivity contribution in [2.75, 3.05) is 5.73 Å². The molecule has 3 aromatic rings. The summed E-state index contributed by atoms with van der Waals surface area (Å²) < 4.78 is 1.85. The maximum absolute atomic E-state index is 6.18. The third-order valence-electron chi connectivity index (χ3n) is 3.53. The van der Waals surface area contributed by atoms with E-state index in [9.17, 15) is 0 Å². The Morgan fingerprint density at radius 2 is 2.16 bits per heavy atom. The van der Waals surface area contributed by atoms with E-state index >= 15 is 0 Å². The van der Waals surface area contributed by atoms with Crippen molar-refractivity contribution in [1.82, 2.24) is 19.8 Å². The van der Waals surface area contributed by atoms with Crippen LogP contribution >= 0.6 is 22.7 Å². The Kier molecular flexibility index (Phi) is 2.40. The minimum absolute atomic E-state index is 0.835. The Labute approximate surface area is 118 Å². The van der Waals surface area contributed by atoms with E-state index in [4.69, 9.17) is 5.73 Å². The number of nitrogens with zero attached hydrogens (tertiary/aromatic N) is 4. The summed E-state index contributed by atoms with van der Waals surface area (Å²) in [4.78, 5) is 2.29. The molecule has 0 saturated carbocycles. The average molecular weight is 291 g/mol. The standard InChI is InChI=1S/C12H13N5S2/c1-2-8-14-15-12-17(8)16-11(19-12)9-6-4-3-5-7(6)18-10(9)13/h2-5,13H2,1H3. The molecule has 0 unspecified atom stereocenters. The summed E-state index contributed by atoms with van der Waals surface area (Å²) in [5.74, 6) is 0.906. The minimum atomic E-state index is 0.835. The number of rotatable bonds is 2. The summed E-state index contributed by atoms with van der Waals surface area (Å²) in [6, 6.07) is 0. The number of nitrogens with two attached hydrogens (primary N) is 1. The van der Waals surface area contributed by atoms with Gasteiger partial charge in [0.05, 0.1) is 10.6 Å². The van der Waals surface area contributed by atoms with Gasteiger partial charge in [-0.05, 0) is 24.8 Å². The molecule has 0 aliphatic heterocycles. The molecule has 19 heavy (non-hydrogen) atoms. The van der Waals surface area contributed by atoms with Crippen molar-refractivity contribution in [3.63, 3.8) is 0 Å². The van der Waals surface area contributed by atoms with Crippen molar-refractivity contribution in [2.24, 2.45) is 0 Å². The zero-order valence-electron chi connectivity index (χ0n) is 10.5. The molecule has 5 nitrogen and oxygen atoms in total. The Morgan fingerprint density at radius 3 is 3.00 bits per heavy atom. The molecule has 1 aliphatic carbocycles. The lowest BCUT2D eigenvalue weighted by Crippen LogP contribution is -1.94. The number of thiophene rings is 1. The highest BCUT2D eigenvalue weighted by molar-refractivity contribution is 7.21. The second-order valence-corrected chi connectivity index (χ2v) is 6.76. The molecule has 0 fully saturated rings. The van der Waals surface area contributed by atoms with Crippen LogP contribution in [0.4, 0.5) is 5.00 Å². The Balaban J connectivity index is 1.92. The van der Waals surface area contributed by atoms with Gasteiger partial charge >= 0.3 is 0 Å². The van der Waals surface area contributed by atoms with E-state index in [1.54, 1.807) is 22.7 Å². The van der Waals surface area contributed by atoms with Crippen LogP contribution in [0.15, 0.2) is 0 Å². The van der Waals surface area contributed by atoms with E-state index < -0.39 is 0 Å². The van der Waals surface area contributed by atoms with Crippen LogP contribution in [0, 0.1) is 0 Å². The van der Waals surface area contributed by atoms with Crippen molar-refractivity contribution < 1.29 is 0 Å². The molecule has 0 bridgehead atoms. The summed E-state index contributed by atoms with van der Waals surface area (Å²) in [5.41, 5.74) is 8.74. The van der Waals surface area contributed by atoms with Gasteiger partial charge in [0.2, 0.25) is 4.96 Å². The highest BCUT2D eigenvalue weighted by atomic mass is 32.1. The van der Waals surface area contributed by atoms with Crippen LogP contribution in [0.2, 0.25) is 0 Å².